The first kappa shape index (κ1) is 26.2. The Bertz CT molecular complexity index is 146. The minimum atomic E-state index is -0.909. The second kappa shape index (κ2) is 21.8. The van der Waals surface area contributed by atoms with E-state index in [9.17, 15) is 9.90 Å². The van der Waals surface area contributed by atoms with E-state index in [0.717, 1.165) is 12.8 Å². The Morgan fingerprint density at radius 1 is 0.824 bits per heavy atom. The van der Waals surface area contributed by atoms with Gasteiger partial charge in [0.05, 0.1) is 0 Å². The number of hydrogen-bond donors (Lipinski definition) is 0. The van der Waals surface area contributed by atoms with E-state index in [1.165, 1.54) is 44.9 Å². The van der Waals surface area contributed by atoms with Gasteiger partial charge in [-0.25, -0.2) is 0 Å². The van der Waals surface area contributed by atoms with Crippen LogP contribution < -0.4 is 29.9 Å². The Kier molecular flexibility index (Phi) is 33.6. The third-order valence-corrected chi connectivity index (χ3v) is 2.48. The standard InChI is InChI=1S/C12H24O2.Al.2ClH/c1-2-3-4-5-6-7-8-9-10-11-12(13)14;;;/h2-11H2,1H3,(H,13,14);;2*1H/q;+3;;/p-3. The third kappa shape index (κ3) is 26.3. The predicted molar refractivity (Wildman–Crippen MR) is 62.6 cm³/mol. The summed E-state index contributed by atoms with van der Waals surface area (Å²) >= 11 is 0. The molecule has 0 fully saturated rings. The third-order valence-electron chi connectivity index (χ3n) is 2.48. The van der Waals surface area contributed by atoms with Gasteiger partial charge in [-0.1, -0.05) is 58.3 Å². The number of carbonyl (C=O) groups excluding carboxylic acids is 1. The molecule has 0 aliphatic heterocycles. The number of carboxylic acids is 1. The van der Waals surface area contributed by atoms with Gasteiger partial charge in [0.25, 0.3) is 0 Å². The van der Waals surface area contributed by atoms with Gasteiger partial charge in [-0.3, -0.25) is 0 Å². The van der Waals surface area contributed by atoms with Crippen molar-refractivity contribution in [3.8, 4) is 0 Å². The van der Waals surface area contributed by atoms with E-state index < -0.39 is 5.97 Å². The molecule has 0 atom stereocenters. The van der Waals surface area contributed by atoms with Gasteiger partial charge < -0.3 is 34.7 Å². The Morgan fingerprint density at radius 2 is 1.18 bits per heavy atom. The van der Waals surface area contributed by atoms with E-state index in [0.29, 0.717) is 0 Å². The zero-order chi connectivity index (χ0) is 10.6. The van der Waals surface area contributed by atoms with Crippen molar-refractivity contribution in [2.75, 3.05) is 0 Å². The van der Waals surface area contributed by atoms with Crippen molar-refractivity contribution in [3.05, 3.63) is 0 Å². The summed E-state index contributed by atoms with van der Waals surface area (Å²) in [5.41, 5.74) is 0. The molecule has 17 heavy (non-hydrogen) atoms. The van der Waals surface area contributed by atoms with Crippen LogP contribution in [0.25, 0.3) is 0 Å². The van der Waals surface area contributed by atoms with E-state index in [2.05, 4.69) is 6.92 Å². The molecule has 0 aromatic carbocycles. The summed E-state index contributed by atoms with van der Waals surface area (Å²) in [7, 11) is 0. The van der Waals surface area contributed by atoms with Gasteiger partial charge in [0, 0.05) is 5.97 Å². The maximum atomic E-state index is 10.1. The summed E-state index contributed by atoms with van der Waals surface area (Å²) in [4.78, 5) is 10.1. The summed E-state index contributed by atoms with van der Waals surface area (Å²) in [6.45, 7) is 2.22. The van der Waals surface area contributed by atoms with Crippen LogP contribution >= 0.6 is 0 Å². The quantitative estimate of drug-likeness (QED) is 0.307. The second-order valence-electron chi connectivity index (χ2n) is 3.95. The van der Waals surface area contributed by atoms with Crippen LogP contribution in [0.15, 0.2) is 0 Å². The van der Waals surface area contributed by atoms with Gasteiger partial charge in [-0.05, 0) is 12.8 Å². The number of carboxylic acid groups (broad SMARTS) is 1. The second-order valence-corrected chi connectivity index (χ2v) is 3.95. The van der Waals surface area contributed by atoms with Crippen LogP contribution in [-0.2, 0) is 4.79 Å². The fraction of sp³-hybridized carbons (Fsp3) is 0.917. The SMILES string of the molecule is CCCCCCCCCCCC(=O)[O-].[Al+3].[Cl-].[Cl-]. The Balaban J connectivity index is -0.000000282. The summed E-state index contributed by atoms with van der Waals surface area (Å²) in [6.07, 6.45) is 11.2. The van der Waals surface area contributed by atoms with E-state index in [1.807, 2.05) is 0 Å². The molecule has 0 aromatic rings. The fourth-order valence-corrected chi connectivity index (χ4v) is 1.58. The van der Waals surface area contributed by atoms with Gasteiger partial charge >= 0.3 is 17.4 Å². The molecule has 0 unspecified atom stereocenters. The van der Waals surface area contributed by atoms with Crippen LogP contribution in [0.4, 0.5) is 0 Å². The molecule has 0 saturated carbocycles. The molecule has 0 saturated heterocycles. The maximum Gasteiger partial charge on any atom is 3.00 e. The zero-order valence-corrected chi connectivity index (χ0v) is 13.4. The first-order valence-corrected chi connectivity index (χ1v) is 5.97. The van der Waals surface area contributed by atoms with E-state index in [-0.39, 0.29) is 48.6 Å². The van der Waals surface area contributed by atoms with Crippen molar-refractivity contribution in [1.82, 2.24) is 0 Å². The van der Waals surface area contributed by atoms with Crippen LogP contribution in [0.3, 0.4) is 0 Å². The molecule has 0 aliphatic rings. The van der Waals surface area contributed by atoms with Gasteiger partial charge in [0.1, 0.15) is 0 Å². The number of halogens is 2. The molecule has 0 heterocycles. The summed E-state index contributed by atoms with van der Waals surface area (Å²) in [6, 6.07) is 0. The minimum absolute atomic E-state index is 0. The van der Waals surface area contributed by atoms with E-state index in [4.69, 9.17) is 0 Å². The minimum Gasteiger partial charge on any atom is -1.00 e. The molecule has 0 rings (SSSR count). The van der Waals surface area contributed by atoms with E-state index >= 15 is 0 Å². The van der Waals surface area contributed by atoms with Crippen molar-refractivity contribution in [2.45, 2.75) is 71.1 Å². The number of unbranched alkanes of at least 4 members (excludes halogenated alkanes) is 8. The molecule has 0 spiro atoms. The number of rotatable bonds is 10. The van der Waals surface area contributed by atoms with Crippen molar-refractivity contribution < 1.29 is 34.7 Å². The number of carbonyl (C=O) groups is 1. The first-order chi connectivity index (χ1) is 6.77. The topological polar surface area (TPSA) is 40.1 Å². The molecule has 0 aromatic heterocycles. The van der Waals surface area contributed by atoms with Crippen LogP contribution in [0.5, 0.6) is 0 Å². The fourth-order valence-electron chi connectivity index (χ4n) is 1.58. The van der Waals surface area contributed by atoms with Crippen molar-refractivity contribution in [1.29, 1.82) is 0 Å². The van der Waals surface area contributed by atoms with Crippen LogP contribution in [0.1, 0.15) is 71.1 Å². The van der Waals surface area contributed by atoms with Crippen molar-refractivity contribution in [2.24, 2.45) is 0 Å². The molecule has 0 aliphatic carbocycles. The monoisotopic (exact) mass is 296 g/mol. The summed E-state index contributed by atoms with van der Waals surface area (Å²) < 4.78 is 0. The van der Waals surface area contributed by atoms with Gasteiger partial charge in [0.2, 0.25) is 0 Å². The molecule has 100 valence electrons. The largest absolute Gasteiger partial charge is 3.00 e. The Morgan fingerprint density at radius 3 is 1.53 bits per heavy atom. The average Bonchev–Trinajstić information content (AvgIpc) is 2.15. The molecule has 0 N–H and O–H groups in total. The first-order valence-electron chi connectivity index (χ1n) is 5.97. The number of aliphatic carboxylic acids is 1. The molecule has 0 amide bonds. The van der Waals surface area contributed by atoms with E-state index in [1.54, 1.807) is 0 Å². The van der Waals surface area contributed by atoms with Crippen molar-refractivity contribution >= 4 is 23.3 Å². The number of hydrogen-bond acceptors (Lipinski definition) is 2. The van der Waals surface area contributed by atoms with Crippen molar-refractivity contribution in [3.63, 3.8) is 0 Å². The van der Waals surface area contributed by atoms with Gasteiger partial charge in [0.15, 0.2) is 0 Å². The maximum absolute atomic E-state index is 10.1. The smallest absolute Gasteiger partial charge is 1.00 e. The Labute approximate surface area is 129 Å². The molecular weight excluding hydrogens is 274 g/mol. The average molecular weight is 297 g/mol. The predicted octanol–water partition coefficient (Wildman–Crippen LogP) is -3.72. The van der Waals surface area contributed by atoms with Gasteiger partial charge in [-0.2, -0.15) is 0 Å². The van der Waals surface area contributed by atoms with Gasteiger partial charge in [-0.15, -0.1) is 0 Å². The molecular formula is C12H23AlCl2O2. The molecule has 0 bridgehead atoms. The van der Waals surface area contributed by atoms with Crippen LogP contribution in [-0.4, -0.2) is 23.3 Å². The molecule has 2 nitrogen and oxygen atoms in total. The van der Waals surface area contributed by atoms with Crippen LogP contribution in [0.2, 0.25) is 0 Å². The normalized spacial score (nSPS) is 8.53. The summed E-state index contributed by atoms with van der Waals surface area (Å²) in [5.74, 6) is -0.909. The Hall–Kier alpha value is 0.582. The molecule has 0 radical (unpaired) electrons. The molecule has 5 heteroatoms. The summed E-state index contributed by atoms with van der Waals surface area (Å²) in [5, 5.41) is 10.1. The van der Waals surface area contributed by atoms with Crippen LogP contribution in [0, 0.1) is 0 Å². The zero-order valence-electron chi connectivity index (χ0n) is 10.7.